The summed E-state index contributed by atoms with van der Waals surface area (Å²) in [5.74, 6) is 1.63. The highest BCUT2D eigenvalue weighted by atomic mass is 79.9. The summed E-state index contributed by atoms with van der Waals surface area (Å²) in [6.45, 7) is 2.04. The molecule has 5 nitrogen and oxygen atoms in total. The van der Waals surface area contributed by atoms with Crippen LogP contribution in [0.1, 0.15) is 17.5 Å². The number of hydrogen-bond donors (Lipinski definition) is 0. The van der Waals surface area contributed by atoms with Gasteiger partial charge in [0.25, 0.3) is 0 Å². The molecule has 1 aliphatic heterocycles. The van der Waals surface area contributed by atoms with Gasteiger partial charge in [-0.15, -0.1) is 0 Å². The summed E-state index contributed by atoms with van der Waals surface area (Å²) in [6, 6.07) is 12.3. The van der Waals surface area contributed by atoms with Gasteiger partial charge in [-0.05, 0) is 53.9 Å². The molecular weight excluding hydrogens is 420 g/mol. The number of halogens is 1. The standard InChI is InChI=1S/C22H23BrN2O3/c1-27-20-12-15-5-9-25(14-17(15)13-21(20)28-2)22(26)7-10-24-8-6-16-11-18(23)3-4-19(16)24/h3-4,6,8,11-13H,5,7,9-10,14H2,1-2H3. The van der Waals surface area contributed by atoms with E-state index in [-0.39, 0.29) is 5.91 Å². The molecule has 0 saturated carbocycles. The molecule has 3 aromatic rings. The second kappa shape index (κ2) is 7.87. The fraction of sp³-hybridized carbons (Fsp3) is 0.318. The maximum absolute atomic E-state index is 12.8. The topological polar surface area (TPSA) is 43.7 Å². The van der Waals surface area contributed by atoms with Gasteiger partial charge in [-0.1, -0.05) is 15.9 Å². The summed E-state index contributed by atoms with van der Waals surface area (Å²) in [7, 11) is 3.28. The largest absolute Gasteiger partial charge is 0.493 e. The van der Waals surface area contributed by atoms with Crippen molar-refractivity contribution in [1.82, 2.24) is 9.47 Å². The normalized spacial score (nSPS) is 13.5. The summed E-state index contributed by atoms with van der Waals surface area (Å²) in [5, 5.41) is 1.18. The lowest BCUT2D eigenvalue weighted by molar-refractivity contribution is -0.132. The number of aryl methyl sites for hydroxylation is 1. The monoisotopic (exact) mass is 442 g/mol. The van der Waals surface area contributed by atoms with E-state index >= 15 is 0 Å². The van der Waals surface area contributed by atoms with Crippen LogP contribution in [0.15, 0.2) is 47.1 Å². The number of aromatic nitrogens is 1. The average Bonchev–Trinajstić information content (AvgIpc) is 3.12. The van der Waals surface area contributed by atoms with Crippen LogP contribution in [0, 0.1) is 0 Å². The minimum Gasteiger partial charge on any atom is -0.493 e. The second-order valence-corrected chi connectivity index (χ2v) is 7.92. The average molecular weight is 443 g/mol. The molecule has 6 heteroatoms. The number of benzene rings is 2. The van der Waals surface area contributed by atoms with Crippen molar-refractivity contribution < 1.29 is 14.3 Å². The molecule has 0 atom stereocenters. The van der Waals surface area contributed by atoms with E-state index in [2.05, 4.69) is 38.7 Å². The maximum Gasteiger partial charge on any atom is 0.224 e. The summed E-state index contributed by atoms with van der Waals surface area (Å²) in [5.41, 5.74) is 3.51. The highest BCUT2D eigenvalue weighted by Gasteiger charge is 2.22. The lowest BCUT2D eigenvalue weighted by atomic mass is 9.98. The van der Waals surface area contributed by atoms with Gasteiger partial charge >= 0.3 is 0 Å². The number of hydrogen-bond acceptors (Lipinski definition) is 3. The first-order chi connectivity index (χ1) is 13.6. The zero-order valence-corrected chi connectivity index (χ0v) is 17.7. The molecule has 2 heterocycles. The van der Waals surface area contributed by atoms with Gasteiger partial charge in [-0.2, -0.15) is 0 Å². The number of fused-ring (bicyclic) bond motifs is 2. The molecule has 0 N–H and O–H groups in total. The zero-order chi connectivity index (χ0) is 19.7. The fourth-order valence-electron chi connectivity index (χ4n) is 3.84. The molecule has 1 aromatic heterocycles. The molecule has 0 spiro atoms. The second-order valence-electron chi connectivity index (χ2n) is 7.00. The summed E-state index contributed by atoms with van der Waals surface area (Å²) < 4.78 is 14.0. The molecule has 146 valence electrons. The van der Waals surface area contributed by atoms with Crippen molar-refractivity contribution in [2.45, 2.75) is 25.9 Å². The molecule has 28 heavy (non-hydrogen) atoms. The van der Waals surface area contributed by atoms with Crippen LogP contribution in [0.3, 0.4) is 0 Å². The van der Waals surface area contributed by atoms with Crippen LogP contribution in [0.25, 0.3) is 10.9 Å². The van der Waals surface area contributed by atoms with Crippen molar-refractivity contribution in [3.8, 4) is 11.5 Å². The molecule has 0 saturated heterocycles. The number of amides is 1. The predicted molar refractivity (Wildman–Crippen MR) is 113 cm³/mol. The van der Waals surface area contributed by atoms with Crippen molar-refractivity contribution in [2.75, 3.05) is 20.8 Å². The van der Waals surface area contributed by atoms with Gasteiger partial charge in [0.2, 0.25) is 5.91 Å². The van der Waals surface area contributed by atoms with Crippen molar-refractivity contribution in [1.29, 1.82) is 0 Å². The van der Waals surface area contributed by atoms with Crippen molar-refractivity contribution in [2.24, 2.45) is 0 Å². The van der Waals surface area contributed by atoms with E-state index in [4.69, 9.17) is 9.47 Å². The highest BCUT2D eigenvalue weighted by Crippen LogP contribution is 2.33. The van der Waals surface area contributed by atoms with Gasteiger partial charge in [0, 0.05) is 47.6 Å². The Bertz CT molecular complexity index is 1030. The number of ether oxygens (including phenoxy) is 2. The summed E-state index contributed by atoms with van der Waals surface area (Å²) in [4.78, 5) is 14.8. The number of carbonyl (C=O) groups excluding carboxylic acids is 1. The molecule has 4 rings (SSSR count). The first kappa shape index (κ1) is 18.9. The Labute approximate surface area is 173 Å². The smallest absolute Gasteiger partial charge is 0.224 e. The van der Waals surface area contributed by atoms with Crippen LogP contribution in [0.5, 0.6) is 11.5 Å². The predicted octanol–water partition coefficient (Wildman–Crippen LogP) is 4.40. The SMILES string of the molecule is COc1cc2c(cc1OC)CN(C(=O)CCn1ccc3cc(Br)ccc31)CC2. The number of nitrogens with zero attached hydrogens (tertiary/aromatic N) is 2. The van der Waals surface area contributed by atoms with Crippen LogP contribution in [-0.4, -0.2) is 36.1 Å². The van der Waals surface area contributed by atoms with Gasteiger partial charge in [0.15, 0.2) is 11.5 Å². The Hall–Kier alpha value is -2.47. The molecule has 2 aromatic carbocycles. The van der Waals surface area contributed by atoms with Crippen molar-refractivity contribution in [3.05, 3.63) is 58.2 Å². The third-order valence-electron chi connectivity index (χ3n) is 5.37. The van der Waals surface area contributed by atoms with E-state index in [0.29, 0.717) is 25.3 Å². The Balaban J connectivity index is 1.44. The number of methoxy groups -OCH3 is 2. The number of rotatable bonds is 5. The van der Waals surface area contributed by atoms with Gasteiger partial charge < -0.3 is 18.9 Å². The van der Waals surface area contributed by atoms with Crippen LogP contribution in [-0.2, 0) is 24.3 Å². The highest BCUT2D eigenvalue weighted by molar-refractivity contribution is 9.10. The van der Waals surface area contributed by atoms with Gasteiger partial charge in [-0.25, -0.2) is 0 Å². The lowest BCUT2D eigenvalue weighted by Crippen LogP contribution is -2.36. The van der Waals surface area contributed by atoms with E-state index in [0.717, 1.165) is 34.3 Å². The van der Waals surface area contributed by atoms with Crippen molar-refractivity contribution in [3.63, 3.8) is 0 Å². The molecule has 0 bridgehead atoms. The minimum atomic E-state index is 0.180. The van der Waals surface area contributed by atoms with Gasteiger partial charge in [0.1, 0.15) is 0 Å². The fourth-order valence-corrected chi connectivity index (χ4v) is 4.22. The summed E-state index contributed by atoms with van der Waals surface area (Å²) >= 11 is 3.50. The van der Waals surface area contributed by atoms with Crippen LogP contribution in [0.2, 0.25) is 0 Å². The lowest BCUT2D eigenvalue weighted by Gasteiger charge is -2.30. The summed E-state index contributed by atoms with van der Waals surface area (Å²) in [6.07, 6.45) is 3.37. The Kier molecular flexibility index (Phi) is 5.31. The quantitative estimate of drug-likeness (QED) is 0.588. The molecule has 0 unspecified atom stereocenters. The molecule has 0 fully saturated rings. The Morgan fingerprint density at radius 3 is 2.57 bits per heavy atom. The van der Waals surface area contributed by atoms with E-state index < -0.39 is 0 Å². The Morgan fingerprint density at radius 2 is 1.82 bits per heavy atom. The molecular formula is C22H23BrN2O3. The molecule has 0 radical (unpaired) electrons. The zero-order valence-electron chi connectivity index (χ0n) is 16.1. The van der Waals surface area contributed by atoms with Gasteiger partial charge in [-0.3, -0.25) is 4.79 Å². The van der Waals surface area contributed by atoms with E-state index in [1.165, 1.54) is 10.9 Å². The first-order valence-corrected chi connectivity index (χ1v) is 10.1. The third kappa shape index (κ3) is 3.61. The molecule has 1 amide bonds. The van der Waals surface area contributed by atoms with E-state index in [1.807, 2.05) is 29.3 Å². The van der Waals surface area contributed by atoms with E-state index in [9.17, 15) is 4.79 Å². The minimum absolute atomic E-state index is 0.180. The molecule has 1 aliphatic rings. The third-order valence-corrected chi connectivity index (χ3v) is 5.86. The van der Waals surface area contributed by atoms with Crippen LogP contribution in [0.4, 0.5) is 0 Å². The van der Waals surface area contributed by atoms with Gasteiger partial charge in [0.05, 0.1) is 14.2 Å². The molecule has 0 aliphatic carbocycles. The number of carbonyl (C=O) groups is 1. The van der Waals surface area contributed by atoms with Crippen LogP contribution >= 0.6 is 15.9 Å². The van der Waals surface area contributed by atoms with Crippen molar-refractivity contribution >= 4 is 32.7 Å². The van der Waals surface area contributed by atoms with Crippen LogP contribution < -0.4 is 9.47 Å². The maximum atomic E-state index is 12.8. The Morgan fingerprint density at radius 1 is 1.07 bits per heavy atom. The first-order valence-electron chi connectivity index (χ1n) is 9.35. The van der Waals surface area contributed by atoms with E-state index in [1.54, 1.807) is 14.2 Å².